The Morgan fingerprint density at radius 3 is 2.33 bits per heavy atom. The standard InChI is InChI=1S/C15H31N3/c1-14(2)18-12-10-17(11-13-18)9-3-4-15-5-7-16-8-6-15/h14-16H,3-13H2,1-2H3. The first kappa shape index (κ1) is 14.3. The van der Waals surface area contributed by atoms with Crippen molar-refractivity contribution >= 4 is 0 Å². The van der Waals surface area contributed by atoms with E-state index in [1.165, 1.54) is 71.5 Å². The second-order valence-electron chi connectivity index (χ2n) is 6.31. The summed E-state index contributed by atoms with van der Waals surface area (Å²) in [5.74, 6) is 1.00. The van der Waals surface area contributed by atoms with Gasteiger partial charge in [0.15, 0.2) is 0 Å². The molecule has 18 heavy (non-hydrogen) atoms. The summed E-state index contributed by atoms with van der Waals surface area (Å²) in [5, 5.41) is 3.45. The second-order valence-corrected chi connectivity index (χ2v) is 6.31. The molecule has 0 spiro atoms. The van der Waals surface area contributed by atoms with E-state index >= 15 is 0 Å². The first-order valence-corrected chi connectivity index (χ1v) is 7.93. The molecule has 3 nitrogen and oxygen atoms in total. The summed E-state index contributed by atoms with van der Waals surface area (Å²) in [6.07, 6.45) is 5.67. The molecule has 2 heterocycles. The Morgan fingerprint density at radius 2 is 1.72 bits per heavy atom. The zero-order chi connectivity index (χ0) is 12.8. The molecule has 3 heteroatoms. The van der Waals surface area contributed by atoms with Crippen LogP contribution in [-0.4, -0.2) is 61.7 Å². The third-order valence-corrected chi connectivity index (χ3v) is 4.68. The highest BCUT2D eigenvalue weighted by atomic mass is 15.3. The van der Waals surface area contributed by atoms with E-state index in [-0.39, 0.29) is 0 Å². The van der Waals surface area contributed by atoms with Crippen molar-refractivity contribution in [1.82, 2.24) is 15.1 Å². The van der Waals surface area contributed by atoms with Gasteiger partial charge in [0.2, 0.25) is 0 Å². The summed E-state index contributed by atoms with van der Waals surface area (Å²) in [7, 11) is 0. The van der Waals surface area contributed by atoms with E-state index < -0.39 is 0 Å². The number of hydrogen-bond donors (Lipinski definition) is 1. The fourth-order valence-electron chi connectivity index (χ4n) is 3.28. The average Bonchev–Trinajstić information content (AvgIpc) is 2.40. The van der Waals surface area contributed by atoms with Gasteiger partial charge in [0.25, 0.3) is 0 Å². The largest absolute Gasteiger partial charge is 0.317 e. The van der Waals surface area contributed by atoms with Gasteiger partial charge in [-0.05, 0) is 65.1 Å². The summed E-state index contributed by atoms with van der Waals surface area (Å²) in [6.45, 7) is 13.6. The van der Waals surface area contributed by atoms with Crippen LogP contribution in [-0.2, 0) is 0 Å². The number of rotatable bonds is 5. The molecule has 0 unspecified atom stereocenters. The zero-order valence-corrected chi connectivity index (χ0v) is 12.3. The summed E-state index contributed by atoms with van der Waals surface area (Å²) in [5.41, 5.74) is 0. The maximum absolute atomic E-state index is 3.45. The Hall–Kier alpha value is -0.120. The van der Waals surface area contributed by atoms with Crippen molar-refractivity contribution in [3.8, 4) is 0 Å². The lowest BCUT2D eigenvalue weighted by Crippen LogP contribution is -2.48. The van der Waals surface area contributed by atoms with E-state index in [1.807, 2.05) is 0 Å². The van der Waals surface area contributed by atoms with Crippen molar-refractivity contribution in [2.24, 2.45) is 5.92 Å². The minimum absolute atomic E-state index is 0.724. The van der Waals surface area contributed by atoms with E-state index in [9.17, 15) is 0 Å². The molecule has 2 saturated heterocycles. The van der Waals surface area contributed by atoms with Gasteiger partial charge in [0.05, 0.1) is 0 Å². The maximum atomic E-state index is 3.45. The Labute approximate surface area is 113 Å². The normalized spacial score (nSPS) is 24.8. The zero-order valence-electron chi connectivity index (χ0n) is 12.3. The Kier molecular flexibility index (Phi) is 5.93. The van der Waals surface area contributed by atoms with E-state index in [0.717, 1.165) is 12.0 Å². The smallest absolute Gasteiger partial charge is 0.0113 e. The van der Waals surface area contributed by atoms with E-state index in [0.29, 0.717) is 0 Å². The van der Waals surface area contributed by atoms with Gasteiger partial charge >= 0.3 is 0 Å². The fraction of sp³-hybridized carbons (Fsp3) is 1.00. The number of piperazine rings is 1. The quantitative estimate of drug-likeness (QED) is 0.806. The first-order chi connectivity index (χ1) is 8.75. The fourth-order valence-corrected chi connectivity index (χ4v) is 3.28. The van der Waals surface area contributed by atoms with Crippen molar-refractivity contribution in [2.75, 3.05) is 45.8 Å². The van der Waals surface area contributed by atoms with Crippen LogP contribution in [0.2, 0.25) is 0 Å². The van der Waals surface area contributed by atoms with Crippen LogP contribution in [0.3, 0.4) is 0 Å². The van der Waals surface area contributed by atoms with Crippen molar-refractivity contribution in [3.63, 3.8) is 0 Å². The molecule has 0 amide bonds. The maximum Gasteiger partial charge on any atom is 0.0113 e. The molecule has 0 atom stereocenters. The lowest BCUT2D eigenvalue weighted by Gasteiger charge is -2.37. The highest BCUT2D eigenvalue weighted by Gasteiger charge is 2.19. The number of nitrogens with one attached hydrogen (secondary N) is 1. The minimum atomic E-state index is 0.724. The molecule has 2 aliphatic heterocycles. The Balaban J connectivity index is 1.55. The Bertz CT molecular complexity index is 216. The van der Waals surface area contributed by atoms with Crippen LogP contribution in [0.5, 0.6) is 0 Å². The van der Waals surface area contributed by atoms with Crippen molar-refractivity contribution < 1.29 is 0 Å². The molecule has 0 radical (unpaired) electrons. The highest BCUT2D eigenvalue weighted by Crippen LogP contribution is 2.18. The lowest BCUT2D eigenvalue weighted by molar-refractivity contribution is 0.106. The van der Waals surface area contributed by atoms with Gasteiger partial charge in [-0.1, -0.05) is 0 Å². The third kappa shape index (κ3) is 4.52. The Morgan fingerprint density at radius 1 is 1.06 bits per heavy atom. The molecule has 106 valence electrons. The van der Waals surface area contributed by atoms with Crippen LogP contribution in [0.25, 0.3) is 0 Å². The van der Waals surface area contributed by atoms with Gasteiger partial charge in [0, 0.05) is 32.2 Å². The van der Waals surface area contributed by atoms with E-state index in [2.05, 4.69) is 29.0 Å². The topological polar surface area (TPSA) is 18.5 Å². The van der Waals surface area contributed by atoms with Gasteiger partial charge in [-0.15, -0.1) is 0 Å². The average molecular weight is 253 g/mol. The number of piperidine rings is 1. The third-order valence-electron chi connectivity index (χ3n) is 4.68. The predicted octanol–water partition coefficient (Wildman–Crippen LogP) is 1.79. The van der Waals surface area contributed by atoms with Crippen molar-refractivity contribution in [1.29, 1.82) is 0 Å². The van der Waals surface area contributed by atoms with Crippen LogP contribution in [0.15, 0.2) is 0 Å². The molecule has 2 aliphatic rings. The number of nitrogens with zero attached hydrogens (tertiary/aromatic N) is 2. The van der Waals surface area contributed by atoms with E-state index in [1.54, 1.807) is 0 Å². The van der Waals surface area contributed by atoms with Crippen LogP contribution in [0.1, 0.15) is 39.5 Å². The molecule has 0 aromatic rings. The van der Waals surface area contributed by atoms with Gasteiger partial charge in [-0.25, -0.2) is 0 Å². The van der Waals surface area contributed by atoms with Gasteiger partial charge in [0.1, 0.15) is 0 Å². The summed E-state index contributed by atoms with van der Waals surface area (Å²) >= 11 is 0. The molecule has 0 aromatic heterocycles. The monoisotopic (exact) mass is 253 g/mol. The van der Waals surface area contributed by atoms with Crippen LogP contribution >= 0.6 is 0 Å². The summed E-state index contributed by atoms with van der Waals surface area (Å²) in [6, 6.07) is 0.724. The minimum Gasteiger partial charge on any atom is -0.317 e. The molecule has 0 bridgehead atoms. The summed E-state index contributed by atoms with van der Waals surface area (Å²) < 4.78 is 0. The van der Waals surface area contributed by atoms with Crippen LogP contribution in [0.4, 0.5) is 0 Å². The second kappa shape index (κ2) is 7.46. The molecule has 2 fully saturated rings. The molecular weight excluding hydrogens is 222 g/mol. The molecular formula is C15H31N3. The molecule has 2 rings (SSSR count). The highest BCUT2D eigenvalue weighted by molar-refractivity contribution is 4.75. The molecule has 0 saturated carbocycles. The lowest BCUT2D eigenvalue weighted by atomic mass is 9.93. The van der Waals surface area contributed by atoms with Crippen molar-refractivity contribution in [3.05, 3.63) is 0 Å². The van der Waals surface area contributed by atoms with Gasteiger partial charge in [-0.2, -0.15) is 0 Å². The summed E-state index contributed by atoms with van der Waals surface area (Å²) in [4.78, 5) is 5.27. The van der Waals surface area contributed by atoms with Crippen LogP contribution < -0.4 is 5.32 Å². The van der Waals surface area contributed by atoms with Gasteiger partial charge in [-0.3, -0.25) is 4.90 Å². The SMILES string of the molecule is CC(C)N1CCN(CCCC2CCNCC2)CC1. The van der Waals surface area contributed by atoms with Gasteiger partial charge < -0.3 is 10.2 Å². The number of hydrogen-bond acceptors (Lipinski definition) is 3. The van der Waals surface area contributed by atoms with Crippen molar-refractivity contribution in [2.45, 2.75) is 45.6 Å². The van der Waals surface area contributed by atoms with Crippen LogP contribution in [0, 0.1) is 5.92 Å². The molecule has 0 aromatic carbocycles. The first-order valence-electron chi connectivity index (χ1n) is 7.93. The molecule has 1 N–H and O–H groups in total. The predicted molar refractivity (Wildman–Crippen MR) is 78.0 cm³/mol. The van der Waals surface area contributed by atoms with E-state index in [4.69, 9.17) is 0 Å². The molecule has 0 aliphatic carbocycles.